The van der Waals surface area contributed by atoms with Gasteiger partial charge in [0.25, 0.3) is 0 Å². The summed E-state index contributed by atoms with van der Waals surface area (Å²) in [5.41, 5.74) is 4.89. The van der Waals surface area contributed by atoms with Gasteiger partial charge in [0.05, 0.1) is 5.52 Å². The normalized spacial score (nSPS) is 14.6. The van der Waals surface area contributed by atoms with Crippen molar-refractivity contribution < 1.29 is 22.0 Å². The average Bonchev–Trinajstić information content (AvgIpc) is 2.35. The molecule has 0 saturated heterocycles. The van der Waals surface area contributed by atoms with Gasteiger partial charge in [-0.15, -0.1) is 0 Å². The fourth-order valence-corrected chi connectivity index (χ4v) is 1.96. The summed E-state index contributed by atoms with van der Waals surface area (Å²) in [6.45, 7) is 0. The van der Waals surface area contributed by atoms with E-state index < -0.39 is 28.9 Å². The second-order valence-corrected chi connectivity index (χ2v) is 4.52. The van der Waals surface area contributed by atoms with Crippen LogP contribution in [0.2, 0.25) is 5.15 Å². The average molecular weight is 311 g/mol. The van der Waals surface area contributed by atoms with Gasteiger partial charge in [0, 0.05) is 10.9 Å². The fourth-order valence-electron chi connectivity index (χ4n) is 1.70. The fraction of sp³-hybridized carbons (Fsp3) is 0.250. The second-order valence-electron chi connectivity index (χ2n) is 4.16. The SMILES string of the molecule is N[C@@H](c1cc2ccccc2nc1Cl)C(F)(F)C(F)(F)F. The lowest BCUT2D eigenvalue weighted by atomic mass is 10.0. The van der Waals surface area contributed by atoms with E-state index >= 15 is 0 Å². The monoisotopic (exact) mass is 310 g/mol. The van der Waals surface area contributed by atoms with Gasteiger partial charge in [-0.25, -0.2) is 4.98 Å². The van der Waals surface area contributed by atoms with E-state index in [-0.39, 0.29) is 0 Å². The van der Waals surface area contributed by atoms with E-state index in [0.717, 1.165) is 6.07 Å². The lowest BCUT2D eigenvalue weighted by Gasteiger charge is -2.26. The minimum absolute atomic E-state index is 0.375. The smallest absolute Gasteiger partial charge is 0.319 e. The molecule has 0 bridgehead atoms. The molecule has 0 saturated carbocycles. The minimum Gasteiger partial charge on any atom is -0.319 e. The van der Waals surface area contributed by atoms with Crippen LogP contribution in [0.3, 0.4) is 0 Å². The highest BCUT2D eigenvalue weighted by atomic mass is 35.5. The lowest BCUT2D eigenvalue weighted by Crippen LogP contribution is -2.46. The van der Waals surface area contributed by atoms with Gasteiger partial charge in [-0.05, 0) is 12.1 Å². The molecule has 1 heterocycles. The van der Waals surface area contributed by atoms with E-state index in [1.165, 1.54) is 6.07 Å². The molecular formula is C12H8ClF5N2. The van der Waals surface area contributed by atoms with Gasteiger partial charge in [0.2, 0.25) is 0 Å². The molecule has 0 aliphatic heterocycles. The van der Waals surface area contributed by atoms with Crippen LogP contribution in [-0.2, 0) is 0 Å². The number of benzene rings is 1. The topological polar surface area (TPSA) is 38.9 Å². The lowest BCUT2D eigenvalue weighted by molar-refractivity contribution is -0.291. The Bertz CT molecular complexity index is 641. The quantitative estimate of drug-likeness (QED) is 0.670. The molecule has 108 valence electrons. The van der Waals surface area contributed by atoms with Gasteiger partial charge >= 0.3 is 12.1 Å². The number of aromatic nitrogens is 1. The van der Waals surface area contributed by atoms with E-state index in [4.69, 9.17) is 17.3 Å². The Balaban J connectivity index is 2.55. The highest BCUT2D eigenvalue weighted by molar-refractivity contribution is 6.30. The minimum atomic E-state index is -5.76. The molecule has 2 N–H and O–H groups in total. The van der Waals surface area contributed by atoms with Crippen LogP contribution >= 0.6 is 11.6 Å². The Kier molecular flexibility index (Phi) is 3.60. The van der Waals surface area contributed by atoms with Crippen molar-refractivity contribution in [3.63, 3.8) is 0 Å². The van der Waals surface area contributed by atoms with Crippen LogP contribution in [-0.4, -0.2) is 17.1 Å². The van der Waals surface area contributed by atoms with E-state index in [9.17, 15) is 22.0 Å². The van der Waals surface area contributed by atoms with Crippen molar-refractivity contribution in [2.75, 3.05) is 0 Å². The molecule has 0 amide bonds. The summed E-state index contributed by atoms with van der Waals surface area (Å²) < 4.78 is 63.5. The molecule has 1 atom stereocenters. The summed E-state index contributed by atoms with van der Waals surface area (Å²) in [5.74, 6) is -5.10. The van der Waals surface area contributed by atoms with Gasteiger partial charge in [0.15, 0.2) is 0 Å². The molecule has 0 aliphatic carbocycles. The van der Waals surface area contributed by atoms with Crippen LogP contribution in [0.25, 0.3) is 10.9 Å². The van der Waals surface area contributed by atoms with Crippen molar-refractivity contribution in [2.45, 2.75) is 18.1 Å². The molecule has 0 spiro atoms. The standard InChI is InChI=1S/C12H8ClF5N2/c13-10-7(9(19)11(14,15)12(16,17)18)5-6-3-1-2-4-8(6)20-10/h1-5,9H,19H2/t9-/m0/s1. The summed E-state index contributed by atoms with van der Waals surface area (Å²) in [7, 11) is 0. The molecule has 8 heteroatoms. The van der Waals surface area contributed by atoms with Gasteiger partial charge in [0.1, 0.15) is 11.2 Å². The highest BCUT2D eigenvalue weighted by Crippen LogP contribution is 2.44. The maximum Gasteiger partial charge on any atom is 0.455 e. The number of hydrogen-bond acceptors (Lipinski definition) is 2. The van der Waals surface area contributed by atoms with Crippen LogP contribution in [0.4, 0.5) is 22.0 Å². The Morgan fingerprint density at radius 1 is 1.10 bits per heavy atom. The maximum atomic E-state index is 13.3. The van der Waals surface area contributed by atoms with Crippen LogP contribution in [0.1, 0.15) is 11.6 Å². The second kappa shape index (κ2) is 4.82. The first-order chi connectivity index (χ1) is 9.14. The first-order valence-electron chi connectivity index (χ1n) is 5.40. The Hall–Kier alpha value is -1.47. The van der Waals surface area contributed by atoms with Crippen molar-refractivity contribution in [3.8, 4) is 0 Å². The number of para-hydroxylation sites is 1. The number of hydrogen-bond donors (Lipinski definition) is 1. The molecule has 0 radical (unpaired) electrons. The van der Waals surface area contributed by atoms with Crippen molar-refractivity contribution in [3.05, 3.63) is 41.0 Å². The van der Waals surface area contributed by atoms with Gasteiger partial charge < -0.3 is 5.73 Å². The third-order valence-corrected chi connectivity index (χ3v) is 3.11. The molecule has 0 aliphatic rings. The first kappa shape index (κ1) is 14.9. The van der Waals surface area contributed by atoms with E-state index in [1.54, 1.807) is 18.2 Å². The number of alkyl halides is 5. The summed E-state index contributed by atoms with van der Waals surface area (Å²) >= 11 is 5.66. The molecular weight excluding hydrogens is 303 g/mol. The summed E-state index contributed by atoms with van der Waals surface area (Å²) in [6, 6.07) is 4.77. The Morgan fingerprint density at radius 3 is 2.30 bits per heavy atom. The number of pyridine rings is 1. The van der Waals surface area contributed by atoms with Gasteiger partial charge in [-0.2, -0.15) is 22.0 Å². The number of nitrogens with zero attached hydrogens (tertiary/aromatic N) is 1. The number of fused-ring (bicyclic) bond motifs is 1. The number of rotatable bonds is 2. The summed E-state index contributed by atoms with van der Waals surface area (Å²) in [4.78, 5) is 3.78. The van der Waals surface area contributed by atoms with Crippen molar-refractivity contribution in [1.29, 1.82) is 0 Å². The first-order valence-corrected chi connectivity index (χ1v) is 5.77. The van der Waals surface area contributed by atoms with E-state index in [0.29, 0.717) is 10.9 Å². The van der Waals surface area contributed by atoms with Gasteiger partial charge in [-0.3, -0.25) is 0 Å². The van der Waals surface area contributed by atoms with Crippen LogP contribution in [0.5, 0.6) is 0 Å². The Labute approximate surface area is 115 Å². The summed E-state index contributed by atoms with van der Waals surface area (Å²) in [5, 5.41) is -0.0968. The number of halogens is 6. The molecule has 20 heavy (non-hydrogen) atoms. The molecule has 2 nitrogen and oxygen atoms in total. The molecule has 0 fully saturated rings. The van der Waals surface area contributed by atoms with Crippen LogP contribution in [0.15, 0.2) is 30.3 Å². The largest absolute Gasteiger partial charge is 0.455 e. The molecule has 1 aromatic heterocycles. The van der Waals surface area contributed by atoms with Crippen LogP contribution < -0.4 is 5.73 Å². The van der Waals surface area contributed by atoms with Crippen molar-refractivity contribution in [1.82, 2.24) is 4.98 Å². The molecule has 2 rings (SSSR count). The number of nitrogens with two attached hydrogens (primary N) is 1. The highest BCUT2D eigenvalue weighted by Gasteiger charge is 2.62. The van der Waals surface area contributed by atoms with Gasteiger partial charge in [-0.1, -0.05) is 29.8 Å². The molecule has 0 unspecified atom stereocenters. The zero-order chi connectivity index (χ0) is 15.1. The summed E-state index contributed by atoms with van der Waals surface area (Å²) in [6.07, 6.45) is -5.76. The van der Waals surface area contributed by atoms with E-state index in [1.807, 2.05) is 0 Å². The predicted molar refractivity (Wildman–Crippen MR) is 64.7 cm³/mol. The van der Waals surface area contributed by atoms with Crippen molar-refractivity contribution in [2.24, 2.45) is 5.73 Å². The van der Waals surface area contributed by atoms with E-state index in [2.05, 4.69) is 4.98 Å². The predicted octanol–water partition coefficient (Wildman–Crippen LogP) is 4.09. The zero-order valence-corrected chi connectivity index (χ0v) is 10.5. The Morgan fingerprint density at radius 2 is 1.70 bits per heavy atom. The van der Waals surface area contributed by atoms with Crippen LogP contribution in [0, 0.1) is 0 Å². The maximum absolute atomic E-state index is 13.3. The third-order valence-electron chi connectivity index (χ3n) is 2.81. The third kappa shape index (κ3) is 2.43. The molecule has 1 aromatic carbocycles. The zero-order valence-electron chi connectivity index (χ0n) is 9.76. The van der Waals surface area contributed by atoms with Crippen molar-refractivity contribution >= 4 is 22.5 Å². The molecule has 2 aromatic rings.